The van der Waals surface area contributed by atoms with Crippen LogP contribution in [0, 0.1) is 5.92 Å². The average Bonchev–Trinajstić information content (AvgIpc) is 2.65. The third kappa shape index (κ3) is 1.93. The molecule has 0 spiro atoms. The van der Waals surface area contributed by atoms with Crippen molar-refractivity contribution in [2.45, 2.75) is 45.0 Å². The van der Waals surface area contributed by atoms with Gasteiger partial charge in [-0.15, -0.1) is 0 Å². The van der Waals surface area contributed by atoms with Gasteiger partial charge in [0.05, 0.1) is 0 Å². The predicted octanol–water partition coefficient (Wildman–Crippen LogP) is 1.73. The number of hydrogen-bond donors (Lipinski definition) is 0. The van der Waals surface area contributed by atoms with E-state index in [0.717, 1.165) is 0 Å². The van der Waals surface area contributed by atoms with Crippen LogP contribution in [0.15, 0.2) is 24.3 Å². The first-order valence-electron chi connectivity index (χ1n) is 6.21. The van der Waals surface area contributed by atoms with E-state index in [4.69, 9.17) is 9.62 Å². The summed E-state index contributed by atoms with van der Waals surface area (Å²) < 4.78 is 6.01. The largest absolute Gasteiger partial charge is 0.352 e. The standard InChI is InChI=1S/C14H18O5/c1-8(2)14-7-6-13(5,19-14)9(3)11(16)12(14)18-17-10(4)15/h6-8,12H,3H2,1-2,4-5H3/t12-,13-,14-/m1/s1. The van der Waals surface area contributed by atoms with Gasteiger partial charge in [0.15, 0.2) is 11.9 Å². The monoisotopic (exact) mass is 266 g/mol. The Kier molecular flexibility index (Phi) is 3.15. The molecule has 0 aliphatic carbocycles. The highest BCUT2D eigenvalue weighted by molar-refractivity contribution is 6.03. The van der Waals surface area contributed by atoms with Crippen molar-refractivity contribution in [1.29, 1.82) is 0 Å². The zero-order valence-electron chi connectivity index (χ0n) is 11.6. The van der Waals surface area contributed by atoms with Crippen molar-refractivity contribution in [1.82, 2.24) is 0 Å². The topological polar surface area (TPSA) is 61.8 Å². The number of ether oxygens (including phenoxy) is 1. The molecule has 0 saturated carbocycles. The predicted molar refractivity (Wildman–Crippen MR) is 67.0 cm³/mol. The van der Waals surface area contributed by atoms with E-state index in [0.29, 0.717) is 5.57 Å². The van der Waals surface area contributed by atoms with Gasteiger partial charge in [0.2, 0.25) is 0 Å². The van der Waals surface area contributed by atoms with Crippen LogP contribution in [0.2, 0.25) is 0 Å². The number of carbonyl (C=O) groups is 2. The Balaban J connectivity index is 2.38. The molecule has 0 aromatic carbocycles. The molecular weight excluding hydrogens is 248 g/mol. The Morgan fingerprint density at radius 3 is 2.63 bits per heavy atom. The van der Waals surface area contributed by atoms with Gasteiger partial charge in [-0.1, -0.05) is 26.5 Å². The Morgan fingerprint density at radius 1 is 1.47 bits per heavy atom. The number of Topliss-reactive ketones (excluding diaryl/α,β-unsaturated/α-hetero) is 1. The van der Waals surface area contributed by atoms with Gasteiger partial charge in [-0.2, -0.15) is 4.89 Å². The van der Waals surface area contributed by atoms with Crippen molar-refractivity contribution < 1.29 is 24.1 Å². The number of hydrogen-bond acceptors (Lipinski definition) is 5. The van der Waals surface area contributed by atoms with E-state index in [1.54, 1.807) is 6.92 Å². The second-order valence-electron chi connectivity index (χ2n) is 5.44. The molecule has 1 saturated heterocycles. The highest BCUT2D eigenvalue weighted by Gasteiger charge is 2.60. The lowest BCUT2D eigenvalue weighted by atomic mass is 9.79. The lowest BCUT2D eigenvalue weighted by Gasteiger charge is -2.45. The molecule has 19 heavy (non-hydrogen) atoms. The first-order valence-corrected chi connectivity index (χ1v) is 6.21. The van der Waals surface area contributed by atoms with E-state index in [1.807, 2.05) is 26.0 Å². The molecule has 0 amide bonds. The van der Waals surface area contributed by atoms with Crippen molar-refractivity contribution in [2.24, 2.45) is 5.92 Å². The third-order valence-electron chi connectivity index (χ3n) is 3.76. The van der Waals surface area contributed by atoms with E-state index < -0.39 is 23.3 Å². The van der Waals surface area contributed by atoms with E-state index >= 15 is 0 Å². The van der Waals surface area contributed by atoms with Crippen LogP contribution >= 0.6 is 0 Å². The Hall–Kier alpha value is -1.46. The van der Waals surface area contributed by atoms with Crippen molar-refractivity contribution in [3.63, 3.8) is 0 Å². The maximum Gasteiger partial charge on any atom is 0.339 e. The summed E-state index contributed by atoms with van der Waals surface area (Å²) in [5, 5.41) is 0. The number of fused-ring (bicyclic) bond motifs is 2. The molecule has 5 nitrogen and oxygen atoms in total. The van der Waals surface area contributed by atoms with Crippen molar-refractivity contribution in [2.75, 3.05) is 0 Å². The summed E-state index contributed by atoms with van der Waals surface area (Å²) in [5.74, 6) is -0.940. The summed E-state index contributed by atoms with van der Waals surface area (Å²) in [6.45, 7) is 10.6. The van der Waals surface area contributed by atoms with Crippen LogP contribution in [0.3, 0.4) is 0 Å². The van der Waals surface area contributed by atoms with Gasteiger partial charge in [-0.05, 0) is 18.9 Å². The first kappa shape index (κ1) is 14.0. The van der Waals surface area contributed by atoms with Crippen LogP contribution < -0.4 is 0 Å². The summed E-state index contributed by atoms with van der Waals surface area (Å²) in [5.41, 5.74) is -1.44. The lowest BCUT2D eigenvalue weighted by Crippen LogP contribution is -2.59. The van der Waals surface area contributed by atoms with E-state index in [9.17, 15) is 9.59 Å². The fourth-order valence-corrected chi connectivity index (χ4v) is 2.48. The number of rotatable bonds is 3. The quantitative estimate of drug-likeness (QED) is 0.337. The van der Waals surface area contributed by atoms with Gasteiger partial charge in [0.25, 0.3) is 0 Å². The molecule has 104 valence electrons. The van der Waals surface area contributed by atoms with Crippen molar-refractivity contribution in [3.8, 4) is 0 Å². The highest BCUT2D eigenvalue weighted by atomic mass is 17.2. The molecular formula is C14H18O5. The van der Waals surface area contributed by atoms with Crippen LogP contribution in [0.1, 0.15) is 27.7 Å². The maximum absolute atomic E-state index is 12.4. The van der Waals surface area contributed by atoms with Crippen LogP contribution in [-0.4, -0.2) is 29.1 Å². The Labute approximate surface area is 112 Å². The summed E-state index contributed by atoms with van der Waals surface area (Å²) in [4.78, 5) is 32.8. The molecule has 3 atom stereocenters. The second-order valence-corrected chi connectivity index (χ2v) is 5.44. The Morgan fingerprint density at radius 2 is 2.11 bits per heavy atom. The van der Waals surface area contributed by atoms with Crippen LogP contribution in [-0.2, 0) is 24.1 Å². The summed E-state index contributed by atoms with van der Waals surface area (Å²) >= 11 is 0. The molecule has 2 rings (SSSR count). The zero-order chi connectivity index (χ0) is 14.4. The molecule has 2 aliphatic heterocycles. The summed E-state index contributed by atoms with van der Waals surface area (Å²) in [6, 6.07) is 0. The molecule has 2 bridgehead atoms. The molecule has 2 aliphatic rings. The van der Waals surface area contributed by atoms with E-state index in [-0.39, 0.29) is 11.7 Å². The number of carbonyl (C=O) groups excluding carboxylic acids is 2. The fraction of sp³-hybridized carbons (Fsp3) is 0.571. The van der Waals surface area contributed by atoms with Crippen LogP contribution in [0.25, 0.3) is 0 Å². The van der Waals surface area contributed by atoms with Gasteiger partial charge in [0.1, 0.15) is 11.2 Å². The van der Waals surface area contributed by atoms with Gasteiger partial charge in [0, 0.05) is 12.5 Å². The smallest absolute Gasteiger partial charge is 0.339 e. The molecule has 0 N–H and O–H groups in total. The van der Waals surface area contributed by atoms with Crippen molar-refractivity contribution in [3.05, 3.63) is 24.3 Å². The van der Waals surface area contributed by atoms with E-state index in [2.05, 4.69) is 11.5 Å². The first-order chi connectivity index (χ1) is 8.73. The highest BCUT2D eigenvalue weighted by Crippen LogP contribution is 2.48. The minimum absolute atomic E-state index is 0.0248. The second kappa shape index (κ2) is 4.28. The normalized spacial score (nSPS) is 37.0. The van der Waals surface area contributed by atoms with E-state index in [1.165, 1.54) is 6.92 Å². The Bertz CT molecular complexity index is 478. The molecule has 0 aromatic heterocycles. The van der Waals surface area contributed by atoms with Gasteiger partial charge < -0.3 is 4.74 Å². The fourth-order valence-electron chi connectivity index (χ4n) is 2.48. The third-order valence-corrected chi connectivity index (χ3v) is 3.76. The SMILES string of the molecule is C=C1C(=O)[C@@H](OOC(C)=O)[C@]2(C(C)C)C=C[C@@]1(C)O2. The molecule has 0 radical (unpaired) electrons. The van der Waals surface area contributed by atoms with Gasteiger partial charge in [-0.25, -0.2) is 4.79 Å². The summed E-state index contributed by atoms with van der Waals surface area (Å²) in [6.07, 6.45) is 2.60. The molecule has 5 heteroatoms. The molecule has 2 heterocycles. The van der Waals surface area contributed by atoms with Crippen LogP contribution in [0.4, 0.5) is 0 Å². The lowest BCUT2D eigenvalue weighted by molar-refractivity contribution is -0.324. The minimum Gasteiger partial charge on any atom is -0.352 e. The van der Waals surface area contributed by atoms with Crippen LogP contribution in [0.5, 0.6) is 0 Å². The average molecular weight is 266 g/mol. The summed E-state index contributed by atoms with van der Waals surface area (Å²) in [7, 11) is 0. The number of ketones is 1. The molecule has 1 fully saturated rings. The maximum atomic E-state index is 12.4. The van der Waals surface area contributed by atoms with Gasteiger partial charge in [-0.3, -0.25) is 9.68 Å². The molecule has 0 unspecified atom stereocenters. The zero-order valence-corrected chi connectivity index (χ0v) is 11.6. The van der Waals surface area contributed by atoms with Gasteiger partial charge >= 0.3 is 5.97 Å². The molecule has 0 aromatic rings. The minimum atomic E-state index is -1.02. The van der Waals surface area contributed by atoms with Crippen molar-refractivity contribution >= 4 is 11.8 Å².